The van der Waals surface area contributed by atoms with Gasteiger partial charge in [0.15, 0.2) is 5.43 Å². The number of likely N-dealkylation sites (tertiary alicyclic amines) is 2. The number of hydrogen-bond donors (Lipinski definition) is 0. The Morgan fingerprint density at radius 3 is 2.73 bits per heavy atom. The van der Waals surface area contributed by atoms with E-state index >= 15 is 0 Å². The van der Waals surface area contributed by atoms with Gasteiger partial charge in [0.1, 0.15) is 6.54 Å². The van der Waals surface area contributed by atoms with Crippen molar-refractivity contribution < 1.29 is 4.79 Å². The number of nitrogens with zero attached hydrogens (tertiary/aromatic N) is 3. The van der Waals surface area contributed by atoms with Crippen LogP contribution in [0.5, 0.6) is 0 Å². The molecule has 26 heavy (non-hydrogen) atoms. The van der Waals surface area contributed by atoms with Crippen molar-refractivity contribution in [1.82, 2.24) is 14.4 Å². The minimum Gasteiger partial charge on any atom is -0.338 e. The first-order chi connectivity index (χ1) is 12.5. The summed E-state index contributed by atoms with van der Waals surface area (Å²) in [5.41, 5.74) is 1.70. The van der Waals surface area contributed by atoms with E-state index in [1.165, 1.54) is 19.3 Å². The van der Waals surface area contributed by atoms with Crippen LogP contribution in [0.1, 0.15) is 31.9 Å². The van der Waals surface area contributed by atoms with Gasteiger partial charge in [-0.05, 0) is 45.4 Å². The molecule has 4 rings (SSSR count). The lowest BCUT2D eigenvalue weighted by Crippen LogP contribution is -2.63. The van der Waals surface area contributed by atoms with E-state index in [1.807, 2.05) is 40.7 Å². The lowest BCUT2D eigenvalue weighted by Gasteiger charge is -2.49. The quantitative estimate of drug-likeness (QED) is 0.851. The summed E-state index contributed by atoms with van der Waals surface area (Å²) in [4.78, 5) is 29.5. The maximum absolute atomic E-state index is 12.8. The van der Waals surface area contributed by atoms with Gasteiger partial charge < -0.3 is 9.47 Å². The molecular weight excluding hydrogens is 326 g/mol. The van der Waals surface area contributed by atoms with Crippen LogP contribution in [0.3, 0.4) is 0 Å². The molecule has 0 radical (unpaired) electrons. The summed E-state index contributed by atoms with van der Waals surface area (Å²) in [6.45, 7) is 7.34. The highest BCUT2D eigenvalue weighted by Crippen LogP contribution is 2.25. The number of pyridine rings is 1. The molecule has 138 valence electrons. The van der Waals surface area contributed by atoms with Crippen molar-refractivity contribution >= 4 is 16.8 Å². The molecule has 2 fully saturated rings. The minimum absolute atomic E-state index is 0.0184. The normalized spacial score (nSPS) is 21.8. The van der Waals surface area contributed by atoms with Gasteiger partial charge in [-0.2, -0.15) is 0 Å². The number of fused-ring (bicyclic) bond motifs is 1. The van der Waals surface area contributed by atoms with Crippen molar-refractivity contribution in [1.29, 1.82) is 0 Å². The number of para-hydroxylation sites is 1. The van der Waals surface area contributed by atoms with Crippen LogP contribution in [0.15, 0.2) is 35.1 Å². The van der Waals surface area contributed by atoms with Crippen LogP contribution in [-0.4, -0.2) is 52.0 Å². The Labute approximate surface area is 154 Å². The van der Waals surface area contributed by atoms with Crippen molar-refractivity contribution in [2.75, 3.05) is 19.6 Å². The fourth-order valence-corrected chi connectivity index (χ4v) is 4.43. The topological polar surface area (TPSA) is 45.6 Å². The van der Waals surface area contributed by atoms with Crippen LogP contribution in [0.2, 0.25) is 0 Å². The predicted octanol–water partition coefficient (Wildman–Crippen LogP) is 2.40. The fraction of sp³-hybridized carbons (Fsp3) is 0.524. The monoisotopic (exact) mass is 353 g/mol. The zero-order chi connectivity index (χ0) is 18.3. The number of aromatic nitrogens is 1. The van der Waals surface area contributed by atoms with Gasteiger partial charge in [0.2, 0.25) is 5.91 Å². The number of rotatable bonds is 3. The summed E-state index contributed by atoms with van der Waals surface area (Å²) >= 11 is 0. The third kappa shape index (κ3) is 3.05. The van der Waals surface area contributed by atoms with Crippen molar-refractivity contribution in [2.45, 2.75) is 51.7 Å². The molecule has 0 bridgehead atoms. The van der Waals surface area contributed by atoms with Gasteiger partial charge in [-0.3, -0.25) is 14.5 Å². The van der Waals surface area contributed by atoms with Crippen molar-refractivity contribution in [3.63, 3.8) is 0 Å². The summed E-state index contributed by atoms with van der Waals surface area (Å²) in [5, 5.41) is 0.675. The minimum atomic E-state index is 0.0184. The van der Waals surface area contributed by atoms with Gasteiger partial charge in [0.05, 0.1) is 5.52 Å². The number of piperidine rings is 1. The average Bonchev–Trinajstić information content (AvgIpc) is 2.59. The predicted molar refractivity (Wildman–Crippen MR) is 103 cm³/mol. The average molecular weight is 353 g/mol. The van der Waals surface area contributed by atoms with E-state index in [0.717, 1.165) is 30.8 Å². The Balaban J connectivity index is 1.47. The van der Waals surface area contributed by atoms with Crippen molar-refractivity contribution in [3.05, 3.63) is 46.2 Å². The Morgan fingerprint density at radius 2 is 1.96 bits per heavy atom. The van der Waals surface area contributed by atoms with Crippen LogP contribution in [0.4, 0.5) is 0 Å². The zero-order valence-corrected chi connectivity index (χ0v) is 15.6. The van der Waals surface area contributed by atoms with Crippen molar-refractivity contribution in [2.24, 2.45) is 0 Å². The molecule has 0 aliphatic carbocycles. The number of carbonyl (C=O) groups excluding carboxylic acids is 1. The van der Waals surface area contributed by atoms with E-state index in [0.29, 0.717) is 24.0 Å². The molecule has 0 saturated carbocycles. The van der Waals surface area contributed by atoms with Gasteiger partial charge in [0.25, 0.3) is 0 Å². The molecule has 2 aromatic rings. The molecule has 5 heteroatoms. The maximum Gasteiger partial charge on any atom is 0.242 e. The van der Waals surface area contributed by atoms with Gasteiger partial charge >= 0.3 is 0 Å². The molecule has 1 atom stereocenters. The second-order valence-electron chi connectivity index (χ2n) is 7.79. The molecule has 0 unspecified atom stereocenters. The Kier molecular flexibility index (Phi) is 4.57. The lowest BCUT2D eigenvalue weighted by molar-refractivity contribution is -0.140. The standard InChI is InChI=1S/C21H27N3O2/c1-15-7-5-6-10-23(15)17-12-22(13-17)21(26)14-24-16(2)11-20(25)18-8-3-4-9-19(18)24/h3-4,8-9,11,15,17H,5-7,10,12-14H2,1-2H3/t15-/m1/s1. The van der Waals surface area contributed by atoms with E-state index in [1.54, 1.807) is 6.07 Å². The first-order valence-electron chi connectivity index (χ1n) is 9.67. The molecule has 0 spiro atoms. The van der Waals surface area contributed by atoms with Gasteiger partial charge in [0, 0.05) is 42.3 Å². The molecule has 5 nitrogen and oxygen atoms in total. The number of aryl methyl sites for hydroxylation is 1. The molecule has 1 aromatic heterocycles. The van der Waals surface area contributed by atoms with Crippen LogP contribution in [-0.2, 0) is 11.3 Å². The Bertz CT molecular complexity index is 882. The van der Waals surface area contributed by atoms with Crippen molar-refractivity contribution in [3.8, 4) is 0 Å². The number of amides is 1. The second kappa shape index (κ2) is 6.88. The zero-order valence-electron chi connectivity index (χ0n) is 15.6. The smallest absolute Gasteiger partial charge is 0.242 e. The molecule has 2 aliphatic heterocycles. The third-order valence-electron chi connectivity index (χ3n) is 6.06. The first kappa shape index (κ1) is 17.3. The lowest BCUT2D eigenvalue weighted by atomic mass is 9.97. The summed E-state index contributed by atoms with van der Waals surface area (Å²) in [6.07, 6.45) is 3.87. The SMILES string of the molecule is Cc1cc(=O)c2ccccc2n1CC(=O)N1CC(N2CCCC[C@H]2C)C1. The highest BCUT2D eigenvalue weighted by Gasteiger charge is 2.37. The Hall–Kier alpha value is -2.14. The van der Waals surface area contributed by atoms with E-state index < -0.39 is 0 Å². The number of hydrogen-bond acceptors (Lipinski definition) is 3. The highest BCUT2D eigenvalue weighted by molar-refractivity contribution is 5.83. The first-order valence-corrected chi connectivity index (χ1v) is 9.67. The maximum atomic E-state index is 12.8. The van der Waals surface area contributed by atoms with E-state index in [-0.39, 0.29) is 11.3 Å². The van der Waals surface area contributed by atoms with E-state index in [2.05, 4.69) is 11.8 Å². The van der Waals surface area contributed by atoms with E-state index in [9.17, 15) is 9.59 Å². The molecule has 0 N–H and O–H groups in total. The molecule has 1 aromatic carbocycles. The molecule has 1 amide bonds. The van der Waals surface area contributed by atoms with Gasteiger partial charge in [-0.15, -0.1) is 0 Å². The van der Waals surface area contributed by atoms with Gasteiger partial charge in [-0.1, -0.05) is 18.6 Å². The molecule has 2 aliphatic rings. The number of benzene rings is 1. The van der Waals surface area contributed by atoms with Crippen LogP contribution >= 0.6 is 0 Å². The third-order valence-corrected chi connectivity index (χ3v) is 6.06. The van der Waals surface area contributed by atoms with Crippen LogP contribution in [0, 0.1) is 6.92 Å². The summed E-state index contributed by atoms with van der Waals surface area (Å²) in [6, 6.07) is 10.3. The van der Waals surface area contributed by atoms with Crippen LogP contribution < -0.4 is 5.43 Å². The summed E-state index contributed by atoms with van der Waals surface area (Å²) < 4.78 is 1.97. The number of carbonyl (C=O) groups is 1. The molecule has 3 heterocycles. The summed E-state index contributed by atoms with van der Waals surface area (Å²) in [7, 11) is 0. The Morgan fingerprint density at radius 1 is 1.19 bits per heavy atom. The fourth-order valence-electron chi connectivity index (χ4n) is 4.43. The summed E-state index contributed by atoms with van der Waals surface area (Å²) in [5.74, 6) is 0.141. The molecule has 2 saturated heterocycles. The van der Waals surface area contributed by atoms with E-state index in [4.69, 9.17) is 0 Å². The van der Waals surface area contributed by atoms with Crippen LogP contribution in [0.25, 0.3) is 10.9 Å². The van der Waals surface area contributed by atoms with Gasteiger partial charge in [-0.25, -0.2) is 0 Å². The second-order valence-corrected chi connectivity index (χ2v) is 7.79. The molecular formula is C21H27N3O2. The highest BCUT2D eigenvalue weighted by atomic mass is 16.2. The largest absolute Gasteiger partial charge is 0.338 e.